The molecule has 0 unspecified atom stereocenters. The minimum Gasteiger partial charge on any atom is -0.373 e. The topological polar surface area (TPSA) is 49.8 Å². The summed E-state index contributed by atoms with van der Waals surface area (Å²) in [6, 6.07) is 1.97. The third-order valence-electron chi connectivity index (χ3n) is 3.65. The van der Waals surface area contributed by atoms with E-state index >= 15 is 0 Å². The highest BCUT2D eigenvalue weighted by Gasteiger charge is 2.28. The maximum atomic E-state index is 4.49. The zero-order valence-corrected chi connectivity index (χ0v) is 12.2. The van der Waals surface area contributed by atoms with Gasteiger partial charge in [-0.25, -0.2) is 9.97 Å². The van der Waals surface area contributed by atoms with Crippen LogP contribution >= 0.6 is 11.8 Å². The fourth-order valence-corrected chi connectivity index (χ4v) is 2.82. The van der Waals surface area contributed by atoms with Crippen molar-refractivity contribution in [3.05, 3.63) is 6.07 Å². The van der Waals surface area contributed by atoms with Gasteiger partial charge in [-0.1, -0.05) is 31.5 Å². The van der Waals surface area contributed by atoms with Crippen LogP contribution in [0, 0.1) is 5.41 Å². The van der Waals surface area contributed by atoms with E-state index in [9.17, 15) is 0 Å². The lowest BCUT2D eigenvalue weighted by molar-refractivity contribution is 0.361. The van der Waals surface area contributed by atoms with E-state index in [-0.39, 0.29) is 0 Å². The molecule has 1 aromatic heterocycles. The molecule has 0 radical (unpaired) electrons. The maximum Gasteiger partial charge on any atom is 0.191 e. The fourth-order valence-electron chi connectivity index (χ4n) is 2.44. The van der Waals surface area contributed by atoms with Crippen molar-refractivity contribution in [1.82, 2.24) is 9.97 Å². The van der Waals surface area contributed by atoms with Gasteiger partial charge in [-0.3, -0.25) is 0 Å². The van der Waals surface area contributed by atoms with Crippen LogP contribution in [0.25, 0.3) is 0 Å². The number of anilines is 2. The molecule has 0 saturated heterocycles. The number of hydrogen-bond acceptors (Lipinski definition) is 5. The van der Waals surface area contributed by atoms with Gasteiger partial charge in [0.2, 0.25) is 0 Å². The lowest BCUT2D eigenvalue weighted by Gasteiger charge is -2.24. The van der Waals surface area contributed by atoms with Crippen LogP contribution in [0.1, 0.15) is 32.6 Å². The van der Waals surface area contributed by atoms with E-state index in [0.29, 0.717) is 5.41 Å². The predicted octanol–water partition coefficient (Wildman–Crippen LogP) is 3.23. The monoisotopic (exact) mass is 266 g/mol. The minimum absolute atomic E-state index is 0.435. The lowest BCUT2D eigenvalue weighted by Crippen LogP contribution is -2.23. The van der Waals surface area contributed by atoms with Crippen LogP contribution in [0.15, 0.2) is 11.2 Å². The van der Waals surface area contributed by atoms with Crippen molar-refractivity contribution < 1.29 is 0 Å². The quantitative estimate of drug-likeness (QED) is 0.633. The Labute approximate surface area is 113 Å². The first-order chi connectivity index (χ1) is 8.65. The van der Waals surface area contributed by atoms with Crippen molar-refractivity contribution in [1.29, 1.82) is 0 Å². The molecule has 0 spiro atoms. The molecule has 2 N–H and O–H groups in total. The van der Waals surface area contributed by atoms with Gasteiger partial charge in [0.25, 0.3) is 0 Å². The zero-order valence-electron chi connectivity index (χ0n) is 11.4. The normalized spacial score (nSPS) is 17.7. The Balaban J connectivity index is 2.04. The molecule has 1 fully saturated rings. The average Bonchev–Trinajstić information content (AvgIpc) is 2.83. The number of thioether (sulfide) groups is 1. The fraction of sp³-hybridized carbons (Fsp3) is 0.692. The minimum atomic E-state index is 0.435. The van der Waals surface area contributed by atoms with E-state index in [0.717, 1.165) is 23.3 Å². The number of rotatable bonds is 5. The third kappa shape index (κ3) is 3.28. The summed E-state index contributed by atoms with van der Waals surface area (Å²) in [5, 5.41) is 7.35. The van der Waals surface area contributed by atoms with Crippen LogP contribution in [0.2, 0.25) is 0 Å². The van der Waals surface area contributed by atoms with Gasteiger partial charge in [-0.05, 0) is 24.5 Å². The number of aromatic nitrogens is 2. The predicted molar refractivity (Wildman–Crippen MR) is 78.4 cm³/mol. The van der Waals surface area contributed by atoms with Gasteiger partial charge >= 0.3 is 0 Å². The van der Waals surface area contributed by atoms with Crippen molar-refractivity contribution in [3.8, 4) is 0 Å². The summed E-state index contributed by atoms with van der Waals surface area (Å²) in [6.45, 7) is 3.36. The molecule has 100 valence electrons. The standard InChI is InChI=1S/C13H22N4S/c1-13(6-4-5-7-13)9-15-11-8-10(14-2)16-12(17-11)18-3/h8H,4-7,9H2,1-3H3,(H2,14,15,16,17). The van der Waals surface area contributed by atoms with E-state index in [2.05, 4.69) is 27.5 Å². The molecule has 1 aliphatic rings. The highest BCUT2D eigenvalue weighted by molar-refractivity contribution is 7.98. The molecule has 1 saturated carbocycles. The second-order valence-electron chi connectivity index (χ2n) is 5.25. The molecular formula is C13H22N4S. The summed E-state index contributed by atoms with van der Waals surface area (Å²) >= 11 is 1.57. The Morgan fingerprint density at radius 3 is 2.56 bits per heavy atom. The number of nitrogens with one attached hydrogen (secondary N) is 2. The number of hydrogen-bond donors (Lipinski definition) is 2. The first kappa shape index (κ1) is 13.5. The molecular weight excluding hydrogens is 244 g/mol. The largest absolute Gasteiger partial charge is 0.373 e. The highest BCUT2D eigenvalue weighted by atomic mass is 32.2. The van der Waals surface area contributed by atoms with Crippen molar-refractivity contribution in [3.63, 3.8) is 0 Å². The molecule has 0 amide bonds. The van der Waals surface area contributed by atoms with Crippen molar-refractivity contribution in [2.45, 2.75) is 37.8 Å². The van der Waals surface area contributed by atoms with Crippen LogP contribution in [-0.4, -0.2) is 29.8 Å². The second-order valence-corrected chi connectivity index (χ2v) is 6.02. The van der Waals surface area contributed by atoms with Crippen molar-refractivity contribution in [2.24, 2.45) is 5.41 Å². The molecule has 0 aliphatic heterocycles. The first-order valence-corrected chi connectivity index (χ1v) is 7.72. The van der Waals surface area contributed by atoms with E-state index < -0.39 is 0 Å². The first-order valence-electron chi connectivity index (χ1n) is 6.50. The molecule has 0 aromatic carbocycles. The van der Waals surface area contributed by atoms with E-state index in [1.807, 2.05) is 19.4 Å². The Kier molecular flexibility index (Phi) is 4.32. The summed E-state index contributed by atoms with van der Waals surface area (Å²) in [4.78, 5) is 8.86. The maximum absolute atomic E-state index is 4.49. The van der Waals surface area contributed by atoms with Crippen LogP contribution in [0.3, 0.4) is 0 Å². The molecule has 1 aliphatic carbocycles. The van der Waals surface area contributed by atoms with Gasteiger partial charge in [-0.15, -0.1) is 0 Å². The van der Waals surface area contributed by atoms with E-state index in [1.165, 1.54) is 25.7 Å². The molecule has 1 heterocycles. The van der Waals surface area contributed by atoms with Gasteiger partial charge in [0.05, 0.1) is 0 Å². The zero-order chi connectivity index (χ0) is 13.0. The summed E-state index contributed by atoms with van der Waals surface area (Å²) < 4.78 is 0. The number of nitrogens with zero attached hydrogens (tertiary/aromatic N) is 2. The molecule has 18 heavy (non-hydrogen) atoms. The second kappa shape index (κ2) is 5.78. The molecule has 5 heteroatoms. The van der Waals surface area contributed by atoms with Gasteiger partial charge in [-0.2, -0.15) is 0 Å². The van der Waals surface area contributed by atoms with Crippen LogP contribution in [-0.2, 0) is 0 Å². The molecule has 1 aromatic rings. The summed E-state index contributed by atoms with van der Waals surface area (Å²) in [5.74, 6) is 1.79. The van der Waals surface area contributed by atoms with Crippen molar-refractivity contribution >= 4 is 23.4 Å². The highest BCUT2D eigenvalue weighted by Crippen LogP contribution is 2.37. The van der Waals surface area contributed by atoms with Gasteiger partial charge < -0.3 is 10.6 Å². The van der Waals surface area contributed by atoms with Crippen LogP contribution in [0.4, 0.5) is 11.6 Å². The molecule has 0 bridgehead atoms. The SMILES string of the molecule is CNc1cc(NCC2(C)CCCC2)nc(SC)n1. The Bertz CT molecular complexity index is 380. The summed E-state index contributed by atoms with van der Waals surface area (Å²) in [7, 11) is 1.88. The van der Waals surface area contributed by atoms with E-state index in [1.54, 1.807) is 11.8 Å². The molecule has 2 rings (SSSR count). The summed E-state index contributed by atoms with van der Waals surface area (Å²) in [6.07, 6.45) is 7.36. The Hall–Kier alpha value is -0.970. The third-order valence-corrected chi connectivity index (χ3v) is 4.20. The van der Waals surface area contributed by atoms with Gasteiger partial charge in [0.15, 0.2) is 5.16 Å². The van der Waals surface area contributed by atoms with Crippen molar-refractivity contribution in [2.75, 3.05) is 30.5 Å². The smallest absolute Gasteiger partial charge is 0.191 e. The van der Waals surface area contributed by atoms with Gasteiger partial charge in [0.1, 0.15) is 11.6 Å². The van der Waals surface area contributed by atoms with E-state index in [4.69, 9.17) is 0 Å². The van der Waals surface area contributed by atoms with Crippen LogP contribution < -0.4 is 10.6 Å². The molecule has 0 atom stereocenters. The van der Waals surface area contributed by atoms with Crippen LogP contribution in [0.5, 0.6) is 0 Å². The lowest BCUT2D eigenvalue weighted by atomic mass is 9.89. The molecule has 4 nitrogen and oxygen atoms in total. The van der Waals surface area contributed by atoms with Gasteiger partial charge in [0, 0.05) is 19.7 Å². The summed E-state index contributed by atoms with van der Waals surface area (Å²) in [5.41, 5.74) is 0.435. The Morgan fingerprint density at radius 2 is 1.94 bits per heavy atom. The average molecular weight is 266 g/mol. The Morgan fingerprint density at radius 1 is 1.28 bits per heavy atom.